The molecule has 37 heavy (non-hydrogen) atoms. The van der Waals surface area contributed by atoms with Gasteiger partial charge in [-0.3, -0.25) is 4.79 Å². The number of hydrogen-bond acceptors (Lipinski definition) is 8. The fourth-order valence-corrected chi connectivity index (χ4v) is 5.63. The number of amidine groups is 1. The molecule has 0 aromatic heterocycles. The zero-order valence-electron chi connectivity index (χ0n) is 21.3. The molecule has 192 valence electrons. The Balaban J connectivity index is 1.39. The van der Waals surface area contributed by atoms with E-state index in [1.54, 1.807) is 6.92 Å². The number of thioether (sulfide) groups is 1. The van der Waals surface area contributed by atoms with Gasteiger partial charge in [-0.15, -0.1) is 0 Å². The Hall–Kier alpha value is -3.72. The summed E-state index contributed by atoms with van der Waals surface area (Å²) in [5.74, 6) is 0.867. The van der Waals surface area contributed by atoms with E-state index in [9.17, 15) is 9.59 Å². The molecule has 0 unspecified atom stereocenters. The van der Waals surface area contributed by atoms with Crippen molar-refractivity contribution < 1.29 is 23.8 Å². The minimum atomic E-state index is -0.436. The van der Waals surface area contributed by atoms with Crippen molar-refractivity contribution in [1.29, 1.82) is 0 Å². The fraction of sp³-hybridized carbons (Fsp3) is 0.321. The number of benzene rings is 2. The first kappa shape index (κ1) is 25.0. The van der Waals surface area contributed by atoms with Crippen LogP contribution in [0.3, 0.4) is 0 Å². The maximum atomic E-state index is 13.1. The smallest absolute Gasteiger partial charge is 0.338 e. The van der Waals surface area contributed by atoms with Crippen LogP contribution in [0.25, 0.3) is 0 Å². The lowest BCUT2D eigenvalue weighted by Crippen LogP contribution is -2.38. The third-order valence-electron chi connectivity index (χ3n) is 6.49. The highest BCUT2D eigenvalue weighted by atomic mass is 32.2. The van der Waals surface area contributed by atoms with Crippen LogP contribution in [0.2, 0.25) is 0 Å². The number of aryl methyl sites for hydroxylation is 2. The summed E-state index contributed by atoms with van der Waals surface area (Å²) in [5.41, 5.74) is 5.96. The van der Waals surface area contributed by atoms with Crippen molar-refractivity contribution in [3.8, 4) is 11.5 Å². The normalized spacial score (nSPS) is 17.8. The summed E-state index contributed by atoms with van der Waals surface area (Å²) < 4.78 is 16.2. The lowest BCUT2D eigenvalue weighted by Gasteiger charge is -2.37. The summed E-state index contributed by atoms with van der Waals surface area (Å²) in [7, 11) is 0. The molecule has 0 spiro atoms. The van der Waals surface area contributed by atoms with Crippen LogP contribution in [0.1, 0.15) is 48.6 Å². The van der Waals surface area contributed by atoms with Crippen molar-refractivity contribution in [1.82, 2.24) is 10.2 Å². The van der Waals surface area contributed by atoms with Gasteiger partial charge in [0.05, 0.1) is 30.3 Å². The maximum absolute atomic E-state index is 13.1. The summed E-state index contributed by atoms with van der Waals surface area (Å²) in [6.45, 7) is 8.53. The van der Waals surface area contributed by atoms with E-state index >= 15 is 0 Å². The maximum Gasteiger partial charge on any atom is 0.338 e. The number of fused-ring (bicyclic) bond motifs is 2. The van der Waals surface area contributed by atoms with Gasteiger partial charge in [0.15, 0.2) is 16.7 Å². The third-order valence-corrected chi connectivity index (χ3v) is 7.38. The molecular formula is C28H29N3O5S. The number of carbonyl (C=O) groups excluding carboxylic acids is 2. The highest BCUT2D eigenvalue weighted by Crippen LogP contribution is 2.45. The number of allylic oxidation sites excluding steroid dienone is 1. The van der Waals surface area contributed by atoms with E-state index in [-0.39, 0.29) is 25.7 Å². The Morgan fingerprint density at radius 3 is 2.76 bits per heavy atom. The van der Waals surface area contributed by atoms with E-state index in [1.165, 1.54) is 11.8 Å². The molecule has 3 aliphatic rings. The molecule has 9 heteroatoms. The predicted octanol–water partition coefficient (Wildman–Crippen LogP) is 4.88. The largest absolute Gasteiger partial charge is 0.463 e. The van der Waals surface area contributed by atoms with Crippen LogP contribution >= 0.6 is 11.8 Å². The summed E-state index contributed by atoms with van der Waals surface area (Å²) in [6.07, 6.45) is 0.146. The number of ether oxygens (including phenoxy) is 3. The minimum absolute atomic E-state index is 0.130. The van der Waals surface area contributed by atoms with E-state index in [4.69, 9.17) is 19.2 Å². The number of rotatable bonds is 7. The molecule has 0 saturated heterocycles. The summed E-state index contributed by atoms with van der Waals surface area (Å²) in [4.78, 5) is 32.9. The molecule has 0 radical (unpaired) electrons. The third kappa shape index (κ3) is 4.96. The Morgan fingerprint density at radius 1 is 1.14 bits per heavy atom. The summed E-state index contributed by atoms with van der Waals surface area (Å²) >= 11 is 1.46. The molecule has 2 aromatic carbocycles. The molecule has 0 bridgehead atoms. The SMILES string of the molecule is CCOC(=O)C1=C(C)N=C2SC=C(CC(=O)NCc3ccc4c(c3)OCO4)N2[C@H]1c1cc(C)ccc1C. The van der Waals surface area contributed by atoms with E-state index < -0.39 is 12.0 Å². The van der Waals surface area contributed by atoms with Crippen LogP contribution in [-0.4, -0.2) is 35.3 Å². The second kappa shape index (κ2) is 10.3. The first-order chi connectivity index (χ1) is 17.9. The van der Waals surface area contributed by atoms with E-state index in [0.717, 1.165) is 33.1 Å². The van der Waals surface area contributed by atoms with Crippen molar-refractivity contribution >= 4 is 28.8 Å². The van der Waals surface area contributed by atoms with Crippen molar-refractivity contribution in [2.75, 3.05) is 13.4 Å². The van der Waals surface area contributed by atoms with Gasteiger partial charge in [0, 0.05) is 12.2 Å². The topological polar surface area (TPSA) is 89.5 Å². The lowest BCUT2D eigenvalue weighted by molar-refractivity contribution is -0.139. The molecule has 0 fully saturated rings. The second-order valence-electron chi connectivity index (χ2n) is 9.11. The van der Waals surface area contributed by atoms with Crippen LogP contribution in [0.5, 0.6) is 11.5 Å². The van der Waals surface area contributed by atoms with E-state index in [1.807, 2.05) is 49.3 Å². The summed E-state index contributed by atoms with van der Waals surface area (Å²) in [5, 5.41) is 5.68. The number of amides is 1. The van der Waals surface area contributed by atoms with Gasteiger partial charge >= 0.3 is 5.97 Å². The highest BCUT2D eigenvalue weighted by Gasteiger charge is 2.41. The molecule has 8 nitrogen and oxygen atoms in total. The van der Waals surface area contributed by atoms with Gasteiger partial charge in [-0.1, -0.05) is 41.6 Å². The average Bonchev–Trinajstić information content (AvgIpc) is 3.50. The molecule has 2 aromatic rings. The lowest BCUT2D eigenvalue weighted by atomic mass is 9.90. The zero-order valence-corrected chi connectivity index (χ0v) is 22.1. The molecule has 3 aliphatic heterocycles. The Morgan fingerprint density at radius 2 is 1.95 bits per heavy atom. The molecule has 1 N–H and O–H groups in total. The minimum Gasteiger partial charge on any atom is -0.463 e. The number of carbonyl (C=O) groups is 2. The Bertz CT molecular complexity index is 1360. The molecule has 0 aliphatic carbocycles. The fourth-order valence-electron chi connectivity index (χ4n) is 4.67. The van der Waals surface area contributed by atoms with Gasteiger partial charge in [0.1, 0.15) is 0 Å². The van der Waals surface area contributed by atoms with Crippen LogP contribution < -0.4 is 14.8 Å². The predicted molar refractivity (Wildman–Crippen MR) is 142 cm³/mol. The highest BCUT2D eigenvalue weighted by molar-refractivity contribution is 8.16. The standard InChI is InChI=1S/C28H29N3O5S/c1-5-34-27(33)25-18(4)30-28-31(26(25)21-10-16(2)6-7-17(21)3)20(14-37-28)12-24(32)29-13-19-8-9-22-23(11-19)36-15-35-22/h6-11,14,26H,5,12-13,15H2,1-4H3,(H,29,32)/t26-/m0/s1. The molecule has 1 amide bonds. The molecule has 3 heterocycles. The van der Waals surface area contributed by atoms with Gasteiger partial charge < -0.3 is 24.4 Å². The first-order valence-corrected chi connectivity index (χ1v) is 13.1. The van der Waals surface area contributed by atoms with Gasteiger partial charge in [0.2, 0.25) is 12.7 Å². The van der Waals surface area contributed by atoms with Crippen molar-refractivity contribution in [3.05, 3.63) is 81.0 Å². The van der Waals surface area contributed by atoms with E-state index in [0.29, 0.717) is 29.3 Å². The van der Waals surface area contributed by atoms with Crippen LogP contribution in [0.4, 0.5) is 0 Å². The molecule has 1 atom stereocenters. The van der Waals surface area contributed by atoms with Crippen molar-refractivity contribution in [2.45, 2.75) is 46.7 Å². The number of hydrogen-bond donors (Lipinski definition) is 1. The van der Waals surface area contributed by atoms with Crippen LogP contribution in [0, 0.1) is 13.8 Å². The molecule has 0 saturated carbocycles. The Labute approximate surface area is 220 Å². The number of aliphatic imine (C=N–C) groups is 1. The molecule has 5 rings (SSSR count). The number of nitrogens with zero attached hydrogens (tertiary/aromatic N) is 2. The van der Waals surface area contributed by atoms with E-state index in [2.05, 4.69) is 23.5 Å². The first-order valence-electron chi connectivity index (χ1n) is 12.2. The second-order valence-corrected chi connectivity index (χ2v) is 9.95. The number of nitrogens with one attached hydrogen (secondary N) is 1. The average molecular weight is 520 g/mol. The quantitative estimate of drug-likeness (QED) is 0.522. The zero-order chi connectivity index (χ0) is 26.1. The van der Waals surface area contributed by atoms with Gasteiger partial charge in [-0.25, -0.2) is 9.79 Å². The monoisotopic (exact) mass is 519 g/mol. The van der Waals surface area contributed by atoms with Crippen LogP contribution in [-0.2, 0) is 20.9 Å². The van der Waals surface area contributed by atoms with Crippen LogP contribution in [0.15, 0.2) is 63.8 Å². The summed E-state index contributed by atoms with van der Waals surface area (Å²) in [6, 6.07) is 11.4. The van der Waals surface area contributed by atoms with Crippen molar-refractivity contribution in [2.24, 2.45) is 4.99 Å². The van der Waals surface area contributed by atoms with Crippen molar-refractivity contribution in [3.63, 3.8) is 0 Å². The molecular weight excluding hydrogens is 490 g/mol. The van der Waals surface area contributed by atoms with Gasteiger partial charge in [-0.2, -0.15) is 0 Å². The van der Waals surface area contributed by atoms with Gasteiger partial charge in [0.25, 0.3) is 0 Å². The van der Waals surface area contributed by atoms with Gasteiger partial charge in [-0.05, 0) is 61.9 Å². The Kier molecular flexibility index (Phi) is 6.97. The number of esters is 1.